The molecule has 1 saturated heterocycles. The van der Waals surface area contributed by atoms with E-state index in [1.807, 2.05) is 24.3 Å². The number of hydrogen-bond donors (Lipinski definition) is 1. The van der Waals surface area contributed by atoms with Crippen LogP contribution in [0.15, 0.2) is 24.3 Å². The van der Waals surface area contributed by atoms with E-state index in [2.05, 4.69) is 11.8 Å². The fourth-order valence-corrected chi connectivity index (χ4v) is 2.87. The van der Waals surface area contributed by atoms with Gasteiger partial charge >= 0.3 is 0 Å². The Hall–Kier alpha value is -1.06. The molecule has 1 fully saturated rings. The van der Waals surface area contributed by atoms with Crippen LogP contribution < -0.4 is 10.5 Å². The summed E-state index contributed by atoms with van der Waals surface area (Å²) in [6.45, 7) is 7.18. The summed E-state index contributed by atoms with van der Waals surface area (Å²) in [6, 6.07) is 8.09. The molecule has 0 aliphatic carbocycles. The van der Waals surface area contributed by atoms with Gasteiger partial charge in [0.25, 0.3) is 0 Å². The van der Waals surface area contributed by atoms with Crippen LogP contribution in [0.25, 0.3) is 0 Å². The molecule has 1 atom stereocenters. The predicted molar refractivity (Wildman–Crippen MR) is 83.9 cm³/mol. The lowest BCUT2D eigenvalue weighted by molar-refractivity contribution is 0.212. The van der Waals surface area contributed by atoms with Gasteiger partial charge in [0.05, 0.1) is 0 Å². The Morgan fingerprint density at radius 3 is 2.70 bits per heavy atom. The lowest BCUT2D eigenvalue weighted by Gasteiger charge is -2.20. The molecule has 0 radical (unpaired) electrons. The summed E-state index contributed by atoms with van der Waals surface area (Å²) in [5, 5.41) is 0. The molecule has 1 unspecified atom stereocenters. The summed E-state index contributed by atoms with van der Waals surface area (Å²) in [5.41, 5.74) is 6.74. The Bertz CT molecular complexity index is 377. The minimum Gasteiger partial charge on any atom is -0.492 e. The summed E-state index contributed by atoms with van der Waals surface area (Å²) in [7, 11) is 0. The number of rotatable bonds is 6. The maximum Gasteiger partial charge on any atom is 0.119 e. The minimum atomic E-state index is 0.590. The maximum atomic E-state index is 5.82. The van der Waals surface area contributed by atoms with E-state index >= 15 is 0 Å². The summed E-state index contributed by atoms with van der Waals surface area (Å²) in [6.07, 6.45) is 5.41. The molecular weight excluding hydrogens is 248 g/mol. The van der Waals surface area contributed by atoms with Gasteiger partial charge in [-0.05, 0) is 56.0 Å². The highest BCUT2D eigenvalue weighted by Gasteiger charge is 2.15. The van der Waals surface area contributed by atoms with Crippen LogP contribution in [0.3, 0.4) is 0 Å². The summed E-state index contributed by atoms with van der Waals surface area (Å²) < 4.78 is 5.82. The number of nitrogens with two attached hydrogens (primary N) is 1. The van der Waals surface area contributed by atoms with E-state index < -0.39 is 0 Å². The zero-order chi connectivity index (χ0) is 14.2. The second kappa shape index (κ2) is 8.28. The molecule has 112 valence electrons. The van der Waals surface area contributed by atoms with Crippen molar-refractivity contribution in [2.24, 2.45) is 11.7 Å². The standard InChI is InChI=1S/C17H28N2O/c1-2-15-4-3-10-19(11-9-15)12-13-20-17-7-5-16(14-18)6-8-17/h5-8,15H,2-4,9-14,18H2,1H3. The van der Waals surface area contributed by atoms with Gasteiger partial charge in [0.2, 0.25) is 0 Å². The zero-order valence-corrected chi connectivity index (χ0v) is 12.7. The molecule has 0 aromatic heterocycles. The Morgan fingerprint density at radius 2 is 2.00 bits per heavy atom. The first-order valence-electron chi connectivity index (χ1n) is 7.96. The third kappa shape index (κ3) is 4.80. The summed E-state index contributed by atoms with van der Waals surface area (Å²) in [5.74, 6) is 1.88. The first kappa shape index (κ1) is 15.3. The second-order valence-corrected chi connectivity index (χ2v) is 5.74. The molecule has 20 heavy (non-hydrogen) atoms. The molecule has 1 aromatic rings. The van der Waals surface area contributed by atoms with Crippen molar-refractivity contribution >= 4 is 0 Å². The molecule has 1 aliphatic rings. The summed E-state index contributed by atoms with van der Waals surface area (Å²) in [4.78, 5) is 2.55. The molecule has 1 aliphatic heterocycles. The van der Waals surface area contributed by atoms with E-state index in [-0.39, 0.29) is 0 Å². The van der Waals surface area contributed by atoms with Gasteiger partial charge in [0.15, 0.2) is 0 Å². The Kier molecular flexibility index (Phi) is 6.34. The van der Waals surface area contributed by atoms with Crippen molar-refractivity contribution in [3.63, 3.8) is 0 Å². The first-order valence-corrected chi connectivity index (χ1v) is 7.96. The Balaban J connectivity index is 1.69. The van der Waals surface area contributed by atoms with Crippen LogP contribution in [-0.4, -0.2) is 31.1 Å². The molecule has 3 nitrogen and oxygen atoms in total. The molecule has 0 bridgehead atoms. The predicted octanol–water partition coefficient (Wildman–Crippen LogP) is 3.04. The van der Waals surface area contributed by atoms with Crippen molar-refractivity contribution in [2.75, 3.05) is 26.2 Å². The van der Waals surface area contributed by atoms with Gasteiger partial charge in [-0.15, -0.1) is 0 Å². The highest BCUT2D eigenvalue weighted by Crippen LogP contribution is 2.20. The fraction of sp³-hybridized carbons (Fsp3) is 0.647. The van der Waals surface area contributed by atoms with Crippen LogP contribution in [-0.2, 0) is 6.54 Å². The largest absolute Gasteiger partial charge is 0.492 e. The van der Waals surface area contributed by atoms with Gasteiger partial charge in [-0.25, -0.2) is 0 Å². The van der Waals surface area contributed by atoms with Gasteiger partial charge in [0.1, 0.15) is 12.4 Å². The van der Waals surface area contributed by atoms with Crippen LogP contribution in [0.1, 0.15) is 38.2 Å². The van der Waals surface area contributed by atoms with Gasteiger partial charge < -0.3 is 10.5 Å². The normalized spacial score (nSPS) is 20.6. The molecule has 0 saturated carbocycles. The number of nitrogens with zero attached hydrogens (tertiary/aromatic N) is 1. The first-order chi connectivity index (χ1) is 9.81. The van der Waals surface area contributed by atoms with E-state index in [0.717, 1.165) is 30.4 Å². The Morgan fingerprint density at radius 1 is 1.20 bits per heavy atom. The van der Waals surface area contributed by atoms with E-state index in [9.17, 15) is 0 Å². The molecule has 2 rings (SSSR count). The monoisotopic (exact) mass is 276 g/mol. The maximum absolute atomic E-state index is 5.82. The van der Waals surface area contributed by atoms with Crippen molar-refractivity contribution in [1.29, 1.82) is 0 Å². The van der Waals surface area contributed by atoms with Crippen LogP contribution in [0.5, 0.6) is 5.75 Å². The number of likely N-dealkylation sites (tertiary alicyclic amines) is 1. The van der Waals surface area contributed by atoms with E-state index in [0.29, 0.717) is 6.54 Å². The van der Waals surface area contributed by atoms with E-state index in [4.69, 9.17) is 10.5 Å². The molecule has 1 aromatic carbocycles. The highest BCUT2D eigenvalue weighted by molar-refractivity contribution is 5.27. The van der Waals surface area contributed by atoms with Crippen molar-refractivity contribution in [1.82, 2.24) is 4.90 Å². The Labute approximate surface area is 123 Å². The topological polar surface area (TPSA) is 38.5 Å². The van der Waals surface area contributed by atoms with E-state index in [1.54, 1.807) is 0 Å². The zero-order valence-electron chi connectivity index (χ0n) is 12.7. The average molecular weight is 276 g/mol. The van der Waals surface area contributed by atoms with Gasteiger partial charge in [-0.2, -0.15) is 0 Å². The number of ether oxygens (including phenoxy) is 1. The second-order valence-electron chi connectivity index (χ2n) is 5.74. The minimum absolute atomic E-state index is 0.590. The highest BCUT2D eigenvalue weighted by atomic mass is 16.5. The quantitative estimate of drug-likeness (QED) is 0.868. The lowest BCUT2D eigenvalue weighted by atomic mass is 9.98. The van der Waals surface area contributed by atoms with Gasteiger partial charge in [0, 0.05) is 13.1 Å². The average Bonchev–Trinajstić information content (AvgIpc) is 2.73. The van der Waals surface area contributed by atoms with Crippen LogP contribution in [0.4, 0.5) is 0 Å². The number of benzene rings is 1. The van der Waals surface area contributed by atoms with Crippen LogP contribution in [0.2, 0.25) is 0 Å². The van der Waals surface area contributed by atoms with Crippen molar-refractivity contribution < 1.29 is 4.74 Å². The molecule has 1 heterocycles. The fourth-order valence-electron chi connectivity index (χ4n) is 2.87. The SMILES string of the molecule is CCC1CCCN(CCOc2ccc(CN)cc2)CC1. The van der Waals surface area contributed by atoms with Gasteiger partial charge in [-0.1, -0.05) is 25.5 Å². The van der Waals surface area contributed by atoms with Crippen molar-refractivity contribution in [2.45, 2.75) is 39.2 Å². The molecular formula is C17H28N2O. The third-order valence-electron chi connectivity index (χ3n) is 4.35. The summed E-state index contributed by atoms with van der Waals surface area (Å²) >= 11 is 0. The van der Waals surface area contributed by atoms with Crippen LogP contribution in [0, 0.1) is 5.92 Å². The van der Waals surface area contributed by atoms with Crippen LogP contribution >= 0.6 is 0 Å². The molecule has 0 amide bonds. The van der Waals surface area contributed by atoms with E-state index in [1.165, 1.54) is 38.8 Å². The smallest absolute Gasteiger partial charge is 0.119 e. The van der Waals surface area contributed by atoms with Gasteiger partial charge in [-0.3, -0.25) is 4.90 Å². The molecule has 0 spiro atoms. The third-order valence-corrected chi connectivity index (χ3v) is 4.35. The molecule has 2 N–H and O–H groups in total. The van der Waals surface area contributed by atoms with Crippen molar-refractivity contribution in [3.8, 4) is 5.75 Å². The molecule has 3 heteroatoms. The lowest BCUT2D eigenvalue weighted by Crippen LogP contribution is -2.29. The number of hydrogen-bond acceptors (Lipinski definition) is 3. The van der Waals surface area contributed by atoms with Crippen molar-refractivity contribution in [3.05, 3.63) is 29.8 Å².